The molecule has 0 fully saturated rings. The highest BCUT2D eigenvalue weighted by Crippen LogP contribution is 2.23. The fourth-order valence-electron chi connectivity index (χ4n) is 2.42. The van der Waals surface area contributed by atoms with E-state index >= 15 is 0 Å². The van der Waals surface area contributed by atoms with Gasteiger partial charge in [0.05, 0.1) is 14.2 Å². The highest BCUT2D eigenvalue weighted by molar-refractivity contribution is 6.35. The summed E-state index contributed by atoms with van der Waals surface area (Å²) in [6.45, 7) is 0.529. The average molecular weight is 382 g/mol. The lowest BCUT2D eigenvalue weighted by Gasteiger charge is -2.09. The van der Waals surface area contributed by atoms with Crippen molar-refractivity contribution in [1.29, 1.82) is 0 Å². The molecule has 1 N–H and O–H groups in total. The van der Waals surface area contributed by atoms with Gasteiger partial charge in [0.15, 0.2) is 0 Å². The van der Waals surface area contributed by atoms with Crippen molar-refractivity contribution in [3.63, 3.8) is 0 Å². The Balaban J connectivity index is 1.81. The second kappa shape index (κ2) is 9.54. The van der Waals surface area contributed by atoms with Crippen LogP contribution >= 0.6 is 23.2 Å². The van der Waals surface area contributed by atoms with E-state index in [1.807, 2.05) is 18.2 Å². The minimum absolute atomic E-state index is 0.00753. The summed E-state index contributed by atoms with van der Waals surface area (Å²) < 4.78 is 10.5. The molecule has 2 rings (SSSR count). The highest BCUT2D eigenvalue weighted by Gasteiger charge is 2.07. The summed E-state index contributed by atoms with van der Waals surface area (Å²) in [7, 11) is 3.21. The van der Waals surface area contributed by atoms with E-state index < -0.39 is 0 Å². The minimum Gasteiger partial charge on any atom is -0.497 e. The molecule has 2 aromatic carbocycles. The van der Waals surface area contributed by atoms with Gasteiger partial charge in [0, 0.05) is 29.1 Å². The number of methoxy groups -OCH3 is 2. The molecule has 0 radical (unpaired) electrons. The second-order valence-electron chi connectivity index (χ2n) is 5.56. The first-order valence-electron chi connectivity index (χ1n) is 7.94. The number of nitrogens with one attached hydrogen (secondary N) is 1. The molecule has 134 valence electrons. The van der Waals surface area contributed by atoms with Gasteiger partial charge >= 0.3 is 0 Å². The first-order valence-corrected chi connectivity index (χ1v) is 8.70. The molecule has 0 atom stereocenters. The van der Waals surface area contributed by atoms with Crippen LogP contribution in [0.15, 0.2) is 36.4 Å². The van der Waals surface area contributed by atoms with Crippen LogP contribution in [0, 0.1) is 0 Å². The topological polar surface area (TPSA) is 47.6 Å². The Morgan fingerprint density at radius 2 is 1.68 bits per heavy atom. The van der Waals surface area contributed by atoms with Crippen LogP contribution in [0.2, 0.25) is 10.0 Å². The molecule has 0 heterocycles. The van der Waals surface area contributed by atoms with Crippen LogP contribution in [0.1, 0.15) is 17.5 Å². The highest BCUT2D eigenvalue weighted by atomic mass is 35.5. The summed E-state index contributed by atoms with van der Waals surface area (Å²) in [5, 5.41) is 4.13. The van der Waals surface area contributed by atoms with Crippen molar-refractivity contribution in [3.05, 3.63) is 57.6 Å². The van der Waals surface area contributed by atoms with Crippen molar-refractivity contribution < 1.29 is 14.3 Å². The van der Waals surface area contributed by atoms with Gasteiger partial charge < -0.3 is 14.8 Å². The van der Waals surface area contributed by atoms with Crippen molar-refractivity contribution >= 4 is 29.1 Å². The Labute approximate surface area is 158 Å². The molecule has 0 saturated heterocycles. The number of aryl methyl sites for hydroxylation is 1. The standard InChI is InChI=1S/C19H21Cl2NO3/c1-24-16-9-13(10-17(12-16)25-2)3-6-19(23)22-8-7-14-4-5-15(20)11-18(14)21/h4-5,9-12H,3,6-8H2,1-2H3,(H,22,23). The average Bonchev–Trinajstić information content (AvgIpc) is 2.61. The van der Waals surface area contributed by atoms with Crippen LogP contribution < -0.4 is 14.8 Å². The zero-order chi connectivity index (χ0) is 18.2. The Morgan fingerprint density at radius 1 is 1.00 bits per heavy atom. The third-order valence-electron chi connectivity index (χ3n) is 3.78. The predicted octanol–water partition coefficient (Wildman–Crippen LogP) is 4.30. The molecule has 0 aliphatic rings. The Kier molecular flexibility index (Phi) is 7.41. The molecule has 1 amide bonds. The first kappa shape index (κ1) is 19.4. The van der Waals surface area contributed by atoms with Gasteiger partial charge in [0.1, 0.15) is 11.5 Å². The van der Waals surface area contributed by atoms with Crippen molar-refractivity contribution in [2.45, 2.75) is 19.3 Å². The van der Waals surface area contributed by atoms with E-state index in [0.29, 0.717) is 47.4 Å². The maximum absolute atomic E-state index is 12.0. The van der Waals surface area contributed by atoms with Gasteiger partial charge in [0.2, 0.25) is 5.91 Å². The number of halogens is 2. The normalized spacial score (nSPS) is 10.4. The van der Waals surface area contributed by atoms with Gasteiger partial charge in [-0.25, -0.2) is 0 Å². The van der Waals surface area contributed by atoms with Crippen LogP contribution in [0.4, 0.5) is 0 Å². The van der Waals surface area contributed by atoms with Gasteiger partial charge in [-0.2, -0.15) is 0 Å². The van der Waals surface area contributed by atoms with E-state index in [0.717, 1.165) is 11.1 Å². The smallest absolute Gasteiger partial charge is 0.220 e. The quantitative estimate of drug-likeness (QED) is 0.741. The van der Waals surface area contributed by atoms with Crippen LogP contribution in [0.25, 0.3) is 0 Å². The number of benzene rings is 2. The molecule has 4 nitrogen and oxygen atoms in total. The number of amides is 1. The molecule has 0 aliphatic heterocycles. The maximum Gasteiger partial charge on any atom is 0.220 e. The van der Waals surface area contributed by atoms with E-state index in [-0.39, 0.29) is 5.91 Å². The van der Waals surface area contributed by atoms with Crippen molar-refractivity contribution in [2.75, 3.05) is 20.8 Å². The van der Waals surface area contributed by atoms with Gasteiger partial charge in [-0.1, -0.05) is 29.3 Å². The van der Waals surface area contributed by atoms with Crippen LogP contribution in [-0.4, -0.2) is 26.7 Å². The fourth-order valence-corrected chi connectivity index (χ4v) is 2.92. The molecule has 0 spiro atoms. The zero-order valence-corrected chi connectivity index (χ0v) is 15.8. The van der Waals surface area contributed by atoms with Gasteiger partial charge in [0.25, 0.3) is 0 Å². The van der Waals surface area contributed by atoms with Crippen LogP contribution in [0.5, 0.6) is 11.5 Å². The summed E-state index contributed by atoms with van der Waals surface area (Å²) in [4.78, 5) is 12.0. The Bertz CT molecular complexity index is 712. The molecule has 0 saturated carbocycles. The fraction of sp³-hybridized carbons (Fsp3) is 0.316. The number of carbonyl (C=O) groups is 1. The van der Waals surface area contributed by atoms with Crippen molar-refractivity contribution in [3.8, 4) is 11.5 Å². The van der Waals surface area contributed by atoms with E-state index in [2.05, 4.69) is 5.32 Å². The molecular formula is C19H21Cl2NO3. The van der Waals surface area contributed by atoms with Crippen LogP contribution in [0.3, 0.4) is 0 Å². The molecule has 25 heavy (non-hydrogen) atoms. The van der Waals surface area contributed by atoms with E-state index in [1.165, 1.54) is 0 Å². The summed E-state index contributed by atoms with van der Waals surface area (Å²) in [6.07, 6.45) is 1.67. The van der Waals surface area contributed by atoms with Crippen molar-refractivity contribution in [1.82, 2.24) is 5.32 Å². The summed E-state index contributed by atoms with van der Waals surface area (Å²) in [5.41, 5.74) is 1.95. The second-order valence-corrected chi connectivity index (χ2v) is 6.40. The lowest BCUT2D eigenvalue weighted by atomic mass is 10.1. The third kappa shape index (κ3) is 6.15. The minimum atomic E-state index is -0.00753. The summed E-state index contributed by atoms with van der Waals surface area (Å²) in [6, 6.07) is 11.0. The van der Waals surface area contributed by atoms with E-state index in [1.54, 1.807) is 32.4 Å². The van der Waals surface area contributed by atoms with E-state index in [9.17, 15) is 4.79 Å². The zero-order valence-electron chi connectivity index (χ0n) is 14.3. The summed E-state index contributed by atoms with van der Waals surface area (Å²) in [5.74, 6) is 1.42. The lowest BCUT2D eigenvalue weighted by Crippen LogP contribution is -2.25. The van der Waals surface area contributed by atoms with Crippen LogP contribution in [-0.2, 0) is 17.6 Å². The van der Waals surface area contributed by atoms with Gasteiger partial charge in [-0.3, -0.25) is 4.79 Å². The molecule has 6 heteroatoms. The molecule has 0 bridgehead atoms. The third-order valence-corrected chi connectivity index (χ3v) is 4.37. The first-order chi connectivity index (χ1) is 12.0. The van der Waals surface area contributed by atoms with Crippen molar-refractivity contribution in [2.24, 2.45) is 0 Å². The number of hydrogen-bond acceptors (Lipinski definition) is 3. The number of hydrogen-bond donors (Lipinski definition) is 1. The molecule has 0 aromatic heterocycles. The van der Waals surface area contributed by atoms with Gasteiger partial charge in [-0.15, -0.1) is 0 Å². The SMILES string of the molecule is COc1cc(CCC(=O)NCCc2ccc(Cl)cc2Cl)cc(OC)c1. The van der Waals surface area contributed by atoms with E-state index in [4.69, 9.17) is 32.7 Å². The maximum atomic E-state index is 12.0. The Hall–Kier alpha value is -1.91. The molecular weight excluding hydrogens is 361 g/mol. The molecule has 2 aromatic rings. The number of ether oxygens (including phenoxy) is 2. The summed E-state index contributed by atoms with van der Waals surface area (Å²) >= 11 is 12.0. The molecule has 0 unspecified atom stereocenters. The predicted molar refractivity (Wildman–Crippen MR) is 101 cm³/mol. The number of carbonyl (C=O) groups excluding carboxylic acids is 1. The lowest BCUT2D eigenvalue weighted by molar-refractivity contribution is -0.121. The molecule has 0 aliphatic carbocycles. The number of rotatable bonds is 8. The Morgan fingerprint density at radius 3 is 2.28 bits per heavy atom. The largest absolute Gasteiger partial charge is 0.497 e. The van der Waals surface area contributed by atoms with Gasteiger partial charge in [-0.05, 0) is 48.2 Å². The monoisotopic (exact) mass is 381 g/mol.